The molecule has 0 saturated heterocycles. The van der Waals surface area contributed by atoms with Gasteiger partial charge in [0.15, 0.2) is 5.65 Å². The fourth-order valence-corrected chi connectivity index (χ4v) is 4.23. The van der Waals surface area contributed by atoms with Gasteiger partial charge in [-0.1, -0.05) is 33.8 Å². The highest BCUT2D eigenvalue weighted by Crippen LogP contribution is 2.46. The quantitative estimate of drug-likeness (QED) is 0.905. The van der Waals surface area contributed by atoms with Gasteiger partial charge in [-0.05, 0) is 49.1 Å². The molecule has 0 aliphatic heterocycles. The summed E-state index contributed by atoms with van der Waals surface area (Å²) in [6, 6.07) is 6.52. The van der Waals surface area contributed by atoms with Crippen LogP contribution < -0.4 is 5.32 Å². The van der Waals surface area contributed by atoms with Gasteiger partial charge in [-0.2, -0.15) is 4.98 Å². The highest BCUT2D eigenvalue weighted by Gasteiger charge is 2.38. The molecule has 0 radical (unpaired) electrons. The Morgan fingerprint density at radius 2 is 1.81 bits per heavy atom. The van der Waals surface area contributed by atoms with Crippen molar-refractivity contribution in [1.29, 1.82) is 0 Å². The molecule has 3 rings (SSSR count). The van der Waals surface area contributed by atoms with Crippen molar-refractivity contribution in [1.82, 2.24) is 14.6 Å². The zero-order valence-corrected chi connectivity index (χ0v) is 13.8. The molecule has 2 heterocycles. The molecule has 0 bridgehead atoms. The molecule has 0 spiro atoms. The van der Waals surface area contributed by atoms with Crippen molar-refractivity contribution in [2.75, 3.05) is 5.32 Å². The molecule has 1 N–H and O–H groups in total. The minimum absolute atomic E-state index is 0.370. The number of rotatable bonds is 2. The number of nitrogens with zero attached hydrogens (tertiary/aromatic N) is 3. The number of fused-ring (bicyclic) bond motifs is 1. The van der Waals surface area contributed by atoms with Crippen LogP contribution in [0.4, 0.5) is 5.95 Å². The summed E-state index contributed by atoms with van der Waals surface area (Å²) < 4.78 is 1.90. The second kappa shape index (κ2) is 4.72. The molecule has 1 aliphatic carbocycles. The summed E-state index contributed by atoms with van der Waals surface area (Å²) in [5.74, 6) is 0.753. The molecule has 1 saturated carbocycles. The Morgan fingerprint density at radius 1 is 1.14 bits per heavy atom. The van der Waals surface area contributed by atoms with E-state index in [2.05, 4.69) is 56.1 Å². The van der Waals surface area contributed by atoms with Crippen molar-refractivity contribution in [3.8, 4) is 0 Å². The first-order valence-corrected chi connectivity index (χ1v) is 7.83. The monoisotopic (exact) mass is 286 g/mol. The van der Waals surface area contributed by atoms with Crippen LogP contribution in [-0.4, -0.2) is 20.6 Å². The maximum atomic E-state index is 4.60. The van der Waals surface area contributed by atoms with Crippen LogP contribution in [0, 0.1) is 17.8 Å². The molecule has 4 nitrogen and oxygen atoms in total. The Kier molecular flexibility index (Phi) is 3.23. The van der Waals surface area contributed by atoms with E-state index in [-0.39, 0.29) is 0 Å². The molecular formula is C17H26N4. The van der Waals surface area contributed by atoms with Crippen molar-refractivity contribution < 1.29 is 0 Å². The van der Waals surface area contributed by atoms with Gasteiger partial charge < -0.3 is 5.32 Å². The average Bonchev–Trinajstić information content (AvgIpc) is 2.68. The first kappa shape index (κ1) is 14.4. The third kappa shape index (κ3) is 3.04. The summed E-state index contributed by atoms with van der Waals surface area (Å²) in [6.45, 7) is 11.5. The van der Waals surface area contributed by atoms with E-state index in [1.165, 1.54) is 19.3 Å². The summed E-state index contributed by atoms with van der Waals surface area (Å²) in [7, 11) is 0. The van der Waals surface area contributed by atoms with Gasteiger partial charge in [0.2, 0.25) is 5.95 Å². The number of aryl methyl sites for hydroxylation is 1. The van der Waals surface area contributed by atoms with Crippen LogP contribution in [0.2, 0.25) is 0 Å². The van der Waals surface area contributed by atoms with E-state index in [0.29, 0.717) is 16.9 Å². The second-order valence-electron chi connectivity index (χ2n) is 8.13. The molecule has 4 heteroatoms. The lowest BCUT2D eigenvalue weighted by atomic mass is 9.63. The number of anilines is 1. The van der Waals surface area contributed by atoms with Gasteiger partial charge in [-0.25, -0.2) is 4.52 Å². The van der Waals surface area contributed by atoms with Crippen molar-refractivity contribution in [2.24, 2.45) is 10.8 Å². The zero-order valence-electron chi connectivity index (χ0n) is 13.8. The van der Waals surface area contributed by atoms with Crippen molar-refractivity contribution >= 4 is 11.6 Å². The van der Waals surface area contributed by atoms with Crippen molar-refractivity contribution in [2.45, 2.75) is 59.9 Å². The summed E-state index contributed by atoms with van der Waals surface area (Å²) in [6.07, 6.45) is 3.62. The van der Waals surface area contributed by atoms with Crippen LogP contribution in [0.1, 0.15) is 52.7 Å². The van der Waals surface area contributed by atoms with Gasteiger partial charge in [0, 0.05) is 11.7 Å². The number of hydrogen-bond acceptors (Lipinski definition) is 3. The van der Waals surface area contributed by atoms with Crippen LogP contribution in [0.25, 0.3) is 5.65 Å². The zero-order chi connectivity index (χ0) is 15.3. The third-order valence-corrected chi connectivity index (χ3v) is 4.44. The molecule has 1 aliphatic rings. The lowest BCUT2D eigenvalue weighted by Gasteiger charge is -2.45. The van der Waals surface area contributed by atoms with Gasteiger partial charge >= 0.3 is 0 Å². The highest BCUT2D eigenvalue weighted by molar-refractivity contribution is 5.44. The molecule has 1 fully saturated rings. The van der Waals surface area contributed by atoms with E-state index in [1.807, 2.05) is 16.6 Å². The first-order chi connectivity index (χ1) is 9.74. The Bertz CT molecular complexity index is 638. The normalized spacial score (nSPS) is 21.6. The summed E-state index contributed by atoms with van der Waals surface area (Å²) in [5.41, 5.74) is 2.76. The molecule has 2 aromatic heterocycles. The molecule has 2 aromatic rings. The minimum Gasteiger partial charge on any atom is -0.350 e. The molecule has 0 amide bonds. The number of aromatic nitrogens is 3. The van der Waals surface area contributed by atoms with Crippen LogP contribution in [0.3, 0.4) is 0 Å². The highest BCUT2D eigenvalue weighted by atomic mass is 15.4. The Morgan fingerprint density at radius 3 is 2.43 bits per heavy atom. The van der Waals surface area contributed by atoms with Gasteiger partial charge in [0.25, 0.3) is 0 Å². The lowest BCUT2D eigenvalue weighted by molar-refractivity contribution is 0.105. The van der Waals surface area contributed by atoms with E-state index in [0.717, 1.165) is 17.3 Å². The first-order valence-electron chi connectivity index (χ1n) is 7.83. The molecule has 0 atom stereocenters. The Hall–Kier alpha value is -1.58. The standard InChI is InChI=1S/C17H26N4/c1-12-7-6-8-14-19-15(20-21(12)14)18-13-9-16(2,3)11-17(4,5)10-13/h6-8,13H,9-11H2,1-5H3,(H,18,20). The second-order valence-corrected chi connectivity index (χ2v) is 8.13. The number of nitrogens with one attached hydrogen (secondary N) is 1. The third-order valence-electron chi connectivity index (χ3n) is 4.44. The number of hydrogen-bond donors (Lipinski definition) is 1. The Labute approximate surface area is 127 Å². The lowest BCUT2D eigenvalue weighted by Crippen LogP contribution is -2.40. The van der Waals surface area contributed by atoms with Gasteiger partial charge in [0.1, 0.15) is 0 Å². The van der Waals surface area contributed by atoms with Gasteiger partial charge in [-0.15, -0.1) is 5.10 Å². The van der Waals surface area contributed by atoms with Gasteiger partial charge in [-0.3, -0.25) is 0 Å². The summed E-state index contributed by atoms with van der Waals surface area (Å²) in [4.78, 5) is 4.60. The van der Waals surface area contributed by atoms with Crippen LogP contribution in [0.5, 0.6) is 0 Å². The van der Waals surface area contributed by atoms with E-state index in [4.69, 9.17) is 0 Å². The summed E-state index contributed by atoms with van der Waals surface area (Å²) >= 11 is 0. The molecule has 0 aromatic carbocycles. The van der Waals surface area contributed by atoms with E-state index >= 15 is 0 Å². The Balaban J connectivity index is 1.83. The predicted molar refractivity (Wildman–Crippen MR) is 86.5 cm³/mol. The average molecular weight is 286 g/mol. The van der Waals surface area contributed by atoms with Crippen molar-refractivity contribution in [3.05, 3.63) is 23.9 Å². The molecule has 21 heavy (non-hydrogen) atoms. The fraction of sp³-hybridized carbons (Fsp3) is 0.647. The smallest absolute Gasteiger partial charge is 0.243 e. The van der Waals surface area contributed by atoms with Crippen LogP contribution in [0.15, 0.2) is 18.2 Å². The molecule has 114 valence electrons. The van der Waals surface area contributed by atoms with E-state index in [9.17, 15) is 0 Å². The van der Waals surface area contributed by atoms with E-state index in [1.54, 1.807) is 0 Å². The van der Waals surface area contributed by atoms with Crippen LogP contribution >= 0.6 is 0 Å². The SMILES string of the molecule is Cc1cccc2nc(NC3CC(C)(C)CC(C)(C)C3)nn12. The fourth-order valence-electron chi connectivity index (χ4n) is 4.23. The largest absolute Gasteiger partial charge is 0.350 e. The molecule has 0 unspecified atom stereocenters. The maximum absolute atomic E-state index is 4.60. The minimum atomic E-state index is 0.370. The number of pyridine rings is 1. The topological polar surface area (TPSA) is 42.2 Å². The van der Waals surface area contributed by atoms with Gasteiger partial charge in [0.05, 0.1) is 0 Å². The van der Waals surface area contributed by atoms with Crippen molar-refractivity contribution in [3.63, 3.8) is 0 Å². The molecular weight excluding hydrogens is 260 g/mol. The van der Waals surface area contributed by atoms with E-state index < -0.39 is 0 Å². The van der Waals surface area contributed by atoms with Crippen LogP contribution in [-0.2, 0) is 0 Å². The maximum Gasteiger partial charge on any atom is 0.243 e. The predicted octanol–water partition coefficient (Wildman–Crippen LogP) is 4.05. The summed E-state index contributed by atoms with van der Waals surface area (Å²) in [5, 5.41) is 8.16.